The Labute approximate surface area is 376 Å². The molecular weight excluding hydrogens is 757 g/mol. The maximum absolute atomic E-state index is 12.8. The summed E-state index contributed by atoms with van der Waals surface area (Å²) in [6.45, 7) is 6.49. The topological polar surface area (TPSA) is 78.9 Å². The van der Waals surface area contributed by atoms with E-state index in [4.69, 9.17) is 14.2 Å². The Balaban J connectivity index is 4.47. The normalized spacial score (nSPS) is 12.6. The van der Waals surface area contributed by atoms with Gasteiger partial charge in [0.15, 0.2) is 6.10 Å². The van der Waals surface area contributed by atoms with Gasteiger partial charge in [-0.25, -0.2) is 0 Å². The number of hydrogen-bond acceptors (Lipinski definition) is 6. The highest BCUT2D eigenvalue weighted by atomic mass is 16.6. The zero-order valence-corrected chi connectivity index (χ0v) is 39.9. The van der Waals surface area contributed by atoms with Crippen LogP contribution >= 0.6 is 0 Å². The Morgan fingerprint density at radius 2 is 0.672 bits per heavy atom. The first kappa shape index (κ1) is 57.9. The molecule has 0 heterocycles. The van der Waals surface area contributed by atoms with Crippen LogP contribution in [-0.4, -0.2) is 37.2 Å². The van der Waals surface area contributed by atoms with Crippen LogP contribution < -0.4 is 0 Å². The van der Waals surface area contributed by atoms with Gasteiger partial charge in [-0.2, -0.15) is 0 Å². The highest BCUT2D eigenvalue weighted by molar-refractivity contribution is 5.71. The molecule has 0 aromatic heterocycles. The first-order valence-electron chi connectivity index (χ1n) is 25.5. The molecule has 1 unspecified atom stereocenters. The van der Waals surface area contributed by atoms with Crippen LogP contribution in [0, 0.1) is 0 Å². The van der Waals surface area contributed by atoms with Gasteiger partial charge in [0, 0.05) is 19.3 Å². The van der Waals surface area contributed by atoms with Crippen LogP contribution in [0.4, 0.5) is 0 Å². The zero-order valence-electron chi connectivity index (χ0n) is 39.9. The van der Waals surface area contributed by atoms with Gasteiger partial charge in [-0.15, -0.1) is 0 Å². The van der Waals surface area contributed by atoms with Crippen molar-refractivity contribution >= 4 is 17.9 Å². The van der Waals surface area contributed by atoms with Gasteiger partial charge in [-0.3, -0.25) is 14.4 Å². The Bertz CT molecular complexity index is 1160. The number of hydrogen-bond donors (Lipinski definition) is 0. The van der Waals surface area contributed by atoms with E-state index in [1.165, 1.54) is 116 Å². The van der Waals surface area contributed by atoms with E-state index in [0.29, 0.717) is 19.3 Å². The molecule has 350 valence electrons. The van der Waals surface area contributed by atoms with Crippen LogP contribution in [0.15, 0.2) is 72.9 Å². The Morgan fingerprint density at radius 1 is 0.344 bits per heavy atom. The maximum atomic E-state index is 12.8. The number of carbonyl (C=O) groups excluding carboxylic acids is 3. The van der Waals surface area contributed by atoms with Gasteiger partial charge in [-0.05, 0) is 77.0 Å². The van der Waals surface area contributed by atoms with Crippen LogP contribution in [0.25, 0.3) is 0 Å². The second kappa shape index (κ2) is 49.5. The van der Waals surface area contributed by atoms with Crippen molar-refractivity contribution in [3.63, 3.8) is 0 Å². The van der Waals surface area contributed by atoms with Gasteiger partial charge in [0.1, 0.15) is 13.2 Å². The number of allylic oxidation sites excluding steroid dienone is 12. The quantitative estimate of drug-likeness (QED) is 0.0200. The number of ether oxygens (including phenoxy) is 3. The molecule has 0 saturated heterocycles. The molecule has 0 aromatic carbocycles. The standard InChI is InChI=1S/C55H94O6/c1-4-7-10-13-16-19-22-24-26-27-29-30-33-36-39-42-45-48-54(57)60-51-52(50-59-53(56)47-44-41-38-35-32-21-18-15-12-9-6-3)61-55(58)49-46-43-40-37-34-31-28-25-23-20-17-14-11-8-5-2/h15-16,18-19,21,24,26,29-30,32,36,39,52H,4-14,17,20,22-23,25,27-28,31,33-35,37-38,40-51H2,1-3H3/b18-15-,19-16-,26-24-,30-29-,32-21-,39-36-. The Morgan fingerprint density at radius 3 is 1.16 bits per heavy atom. The molecule has 0 saturated carbocycles. The molecule has 0 spiro atoms. The van der Waals surface area contributed by atoms with Crippen molar-refractivity contribution < 1.29 is 28.6 Å². The minimum absolute atomic E-state index is 0.105. The fourth-order valence-electron chi connectivity index (χ4n) is 6.82. The number of rotatable bonds is 45. The van der Waals surface area contributed by atoms with Crippen LogP contribution in [0.2, 0.25) is 0 Å². The highest BCUT2D eigenvalue weighted by Crippen LogP contribution is 2.15. The maximum Gasteiger partial charge on any atom is 0.306 e. The van der Waals surface area contributed by atoms with E-state index in [0.717, 1.165) is 77.0 Å². The summed E-state index contributed by atoms with van der Waals surface area (Å²) in [5, 5.41) is 0. The second-order valence-corrected chi connectivity index (χ2v) is 16.8. The van der Waals surface area contributed by atoms with Crippen molar-refractivity contribution in [2.45, 2.75) is 245 Å². The Kier molecular flexibility index (Phi) is 46.9. The van der Waals surface area contributed by atoms with Gasteiger partial charge < -0.3 is 14.2 Å². The van der Waals surface area contributed by atoms with E-state index >= 15 is 0 Å². The van der Waals surface area contributed by atoms with E-state index < -0.39 is 6.10 Å². The summed E-state index contributed by atoms with van der Waals surface area (Å²) in [7, 11) is 0. The molecule has 1 atom stereocenters. The summed E-state index contributed by atoms with van der Waals surface area (Å²) in [6.07, 6.45) is 61.8. The van der Waals surface area contributed by atoms with Crippen molar-refractivity contribution in [2.75, 3.05) is 13.2 Å². The summed E-state index contributed by atoms with van der Waals surface area (Å²) >= 11 is 0. The number of carbonyl (C=O) groups is 3. The molecule has 0 fully saturated rings. The van der Waals surface area contributed by atoms with Crippen LogP contribution in [-0.2, 0) is 28.6 Å². The average molecular weight is 851 g/mol. The fourth-order valence-corrected chi connectivity index (χ4v) is 6.82. The molecule has 0 aliphatic rings. The molecule has 0 radical (unpaired) electrons. The molecule has 0 aromatic rings. The predicted molar refractivity (Wildman–Crippen MR) is 261 cm³/mol. The molecule has 0 rings (SSSR count). The minimum Gasteiger partial charge on any atom is -0.462 e. The van der Waals surface area contributed by atoms with E-state index in [1.54, 1.807) is 0 Å². The van der Waals surface area contributed by atoms with Crippen LogP contribution in [0.3, 0.4) is 0 Å². The lowest BCUT2D eigenvalue weighted by Gasteiger charge is -2.18. The third-order valence-electron chi connectivity index (χ3n) is 10.7. The Hall–Kier alpha value is -3.15. The summed E-state index contributed by atoms with van der Waals surface area (Å²) in [5.41, 5.74) is 0. The highest BCUT2D eigenvalue weighted by Gasteiger charge is 2.19. The summed E-state index contributed by atoms with van der Waals surface area (Å²) in [4.78, 5) is 37.9. The van der Waals surface area contributed by atoms with Crippen molar-refractivity contribution in [1.82, 2.24) is 0 Å². The number of esters is 3. The molecule has 61 heavy (non-hydrogen) atoms. The molecular formula is C55H94O6. The van der Waals surface area contributed by atoms with Crippen LogP contribution in [0.5, 0.6) is 0 Å². The molecule has 0 aliphatic heterocycles. The molecule has 0 N–H and O–H groups in total. The lowest BCUT2D eigenvalue weighted by Crippen LogP contribution is -2.30. The molecule has 0 bridgehead atoms. The van der Waals surface area contributed by atoms with Gasteiger partial charge in [-0.1, -0.05) is 216 Å². The smallest absolute Gasteiger partial charge is 0.306 e. The summed E-state index contributed by atoms with van der Waals surface area (Å²) < 4.78 is 16.7. The third kappa shape index (κ3) is 47.7. The van der Waals surface area contributed by atoms with Crippen molar-refractivity contribution in [2.24, 2.45) is 0 Å². The van der Waals surface area contributed by atoms with E-state index in [-0.39, 0.29) is 37.5 Å². The van der Waals surface area contributed by atoms with Crippen molar-refractivity contribution in [3.05, 3.63) is 72.9 Å². The summed E-state index contributed by atoms with van der Waals surface area (Å²) in [6, 6.07) is 0. The molecule has 6 nitrogen and oxygen atoms in total. The second-order valence-electron chi connectivity index (χ2n) is 16.8. The van der Waals surface area contributed by atoms with E-state index in [2.05, 4.69) is 93.7 Å². The van der Waals surface area contributed by atoms with E-state index in [1.807, 2.05) is 0 Å². The van der Waals surface area contributed by atoms with Gasteiger partial charge in [0.05, 0.1) is 0 Å². The SMILES string of the molecule is CCCC/C=C\C=C/CCCCCC(=O)OCC(COC(=O)CCC/C=C\C/C=C\C/C=C\C/C=C\CCCCC)OC(=O)CCCCCCCCCCCCCCCCC. The summed E-state index contributed by atoms with van der Waals surface area (Å²) in [5.74, 6) is -0.986. The fraction of sp³-hybridized carbons (Fsp3) is 0.727. The molecule has 0 aliphatic carbocycles. The van der Waals surface area contributed by atoms with Crippen molar-refractivity contribution in [3.8, 4) is 0 Å². The zero-order chi connectivity index (χ0) is 44.4. The monoisotopic (exact) mass is 851 g/mol. The molecule has 6 heteroatoms. The molecule has 0 amide bonds. The number of unbranched alkanes of at least 4 members (excludes halogenated alkanes) is 23. The average Bonchev–Trinajstić information content (AvgIpc) is 3.26. The minimum atomic E-state index is -0.805. The largest absolute Gasteiger partial charge is 0.462 e. The van der Waals surface area contributed by atoms with E-state index in [9.17, 15) is 14.4 Å². The first-order valence-corrected chi connectivity index (χ1v) is 25.5. The third-order valence-corrected chi connectivity index (χ3v) is 10.7. The lowest BCUT2D eigenvalue weighted by atomic mass is 10.0. The first-order chi connectivity index (χ1) is 30.0. The van der Waals surface area contributed by atoms with Crippen LogP contribution in [0.1, 0.15) is 239 Å². The van der Waals surface area contributed by atoms with Gasteiger partial charge in [0.25, 0.3) is 0 Å². The predicted octanol–water partition coefficient (Wildman–Crippen LogP) is 16.6. The van der Waals surface area contributed by atoms with Gasteiger partial charge >= 0.3 is 17.9 Å². The van der Waals surface area contributed by atoms with Gasteiger partial charge in [0.2, 0.25) is 0 Å². The lowest BCUT2D eigenvalue weighted by molar-refractivity contribution is -0.167. The van der Waals surface area contributed by atoms with Crippen molar-refractivity contribution in [1.29, 1.82) is 0 Å².